The van der Waals surface area contributed by atoms with E-state index in [9.17, 15) is 0 Å². The van der Waals surface area contributed by atoms with Crippen molar-refractivity contribution >= 4 is 0 Å². The lowest BCUT2D eigenvalue weighted by atomic mass is 9.96. The summed E-state index contributed by atoms with van der Waals surface area (Å²) < 4.78 is 5.16. The number of rotatable bonds is 7. The number of hydrogen-bond acceptors (Lipinski definition) is 3. The van der Waals surface area contributed by atoms with E-state index in [1.165, 1.54) is 0 Å². The summed E-state index contributed by atoms with van der Waals surface area (Å²) in [7, 11) is 1.73. The Morgan fingerprint density at radius 1 is 1.54 bits per heavy atom. The third kappa shape index (κ3) is 5.24. The van der Waals surface area contributed by atoms with Gasteiger partial charge in [-0.25, -0.2) is 0 Å². The summed E-state index contributed by atoms with van der Waals surface area (Å²) in [6.45, 7) is 7.94. The summed E-state index contributed by atoms with van der Waals surface area (Å²) >= 11 is 0. The number of nitrogens with two attached hydrogens (primary N) is 1. The number of ether oxygens (including phenoxy) is 1. The van der Waals surface area contributed by atoms with E-state index in [-0.39, 0.29) is 11.6 Å². The Kier molecular flexibility index (Phi) is 6.29. The van der Waals surface area contributed by atoms with Crippen LogP contribution in [0.3, 0.4) is 0 Å². The average molecular weight is 188 g/mol. The zero-order valence-electron chi connectivity index (χ0n) is 9.39. The molecule has 0 aliphatic carbocycles. The Balaban J connectivity index is 3.82. The number of methoxy groups -OCH3 is 1. The van der Waals surface area contributed by atoms with Gasteiger partial charge in [0.05, 0.1) is 6.10 Å². The molecule has 0 radical (unpaired) electrons. The molecule has 3 nitrogen and oxygen atoms in total. The van der Waals surface area contributed by atoms with Crippen LogP contribution in [0, 0.1) is 0 Å². The summed E-state index contributed by atoms with van der Waals surface area (Å²) in [6, 6.07) is 0. The molecule has 2 unspecified atom stereocenters. The maximum Gasteiger partial charge on any atom is 0.0667 e. The fourth-order valence-corrected chi connectivity index (χ4v) is 1.29. The molecular formula is C10H24N2O. The van der Waals surface area contributed by atoms with E-state index < -0.39 is 0 Å². The first-order chi connectivity index (χ1) is 6.08. The molecule has 0 aliphatic rings. The van der Waals surface area contributed by atoms with Crippen LogP contribution in [0.15, 0.2) is 0 Å². The van der Waals surface area contributed by atoms with Gasteiger partial charge in [0.2, 0.25) is 0 Å². The van der Waals surface area contributed by atoms with Gasteiger partial charge in [-0.15, -0.1) is 0 Å². The molecular weight excluding hydrogens is 164 g/mol. The Morgan fingerprint density at radius 3 is 2.54 bits per heavy atom. The molecule has 0 saturated carbocycles. The van der Waals surface area contributed by atoms with E-state index in [1.807, 2.05) is 0 Å². The van der Waals surface area contributed by atoms with Crippen molar-refractivity contribution in [2.45, 2.75) is 45.3 Å². The van der Waals surface area contributed by atoms with E-state index in [1.54, 1.807) is 7.11 Å². The molecule has 0 aromatic heterocycles. The van der Waals surface area contributed by atoms with Crippen LogP contribution in [-0.2, 0) is 4.74 Å². The molecule has 0 bridgehead atoms. The second-order valence-corrected chi connectivity index (χ2v) is 3.94. The van der Waals surface area contributed by atoms with Gasteiger partial charge in [-0.2, -0.15) is 0 Å². The van der Waals surface area contributed by atoms with Crippen molar-refractivity contribution in [1.82, 2.24) is 5.32 Å². The highest BCUT2D eigenvalue weighted by atomic mass is 16.5. The monoisotopic (exact) mass is 188 g/mol. The highest BCUT2D eigenvalue weighted by Crippen LogP contribution is 2.10. The standard InChI is InChI=1S/C10H24N2O/c1-5-6-10(3,8-11)12-7-9(2)13-4/h9,12H,5-8,11H2,1-4H3. The van der Waals surface area contributed by atoms with Gasteiger partial charge in [0.15, 0.2) is 0 Å². The van der Waals surface area contributed by atoms with Crippen LogP contribution < -0.4 is 11.1 Å². The molecule has 13 heavy (non-hydrogen) atoms. The first-order valence-electron chi connectivity index (χ1n) is 5.06. The van der Waals surface area contributed by atoms with E-state index in [2.05, 4.69) is 26.1 Å². The van der Waals surface area contributed by atoms with Crippen molar-refractivity contribution in [1.29, 1.82) is 0 Å². The SMILES string of the molecule is CCCC(C)(CN)NCC(C)OC. The molecule has 3 heteroatoms. The molecule has 80 valence electrons. The molecule has 0 amide bonds. The molecule has 0 aromatic rings. The lowest BCUT2D eigenvalue weighted by molar-refractivity contribution is 0.107. The lowest BCUT2D eigenvalue weighted by Crippen LogP contribution is -2.50. The lowest BCUT2D eigenvalue weighted by Gasteiger charge is -2.30. The van der Waals surface area contributed by atoms with Gasteiger partial charge < -0.3 is 15.8 Å². The van der Waals surface area contributed by atoms with Gasteiger partial charge in [0, 0.05) is 25.7 Å². The minimum absolute atomic E-state index is 0.0710. The maximum absolute atomic E-state index is 5.72. The fourth-order valence-electron chi connectivity index (χ4n) is 1.29. The van der Waals surface area contributed by atoms with Crippen molar-refractivity contribution in [3.05, 3.63) is 0 Å². The van der Waals surface area contributed by atoms with Crippen LogP contribution >= 0.6 is 0 Å². The maximum atomic E-state index is 5.72. The summed E-state index contributed by atoms with van der Waals surface area (Å²) in [6.07, 6.45) is 2.52. The Morgan fingerprint density at radius 2 is 2.15 bits per heavy atom. The smallest absolute Gasteiger partial charge is 0.0667 e. The summed E-state index contributed by atoms with van der Waals surface area (Å²) in [5.41, 5.74) is 5.79. The highest BCUT2D eigenvalue weighted by Gasteiger charge is 2.20. The Labute approximate surface area is 82.0 Å². The van der Waals surface area contributed by atoms with E-state index in [4.69, 9.17) is 10.5 Å². The second kappa shape index (κ2) is 6.35. The van der Waals surface area contributed by atoms with E-state index >= 15 is 0 Å². The topological polar surface area (TPSA) is 47.3 Å². The summed E-state index contributed by atoms with van der Waals surface area (Å²) in [5, 5.41) is 3.45. The summed E-state index contributed by atoms with van der Waals surface area (Å²) in [4.78, 5) is 0. The van der Waals surface area contributed by atoms with Gasteiger partial charge >= 0.3 is 0 Å². The van der Waals surface area contributed by atoms with E-state index in [0.717, 1.165) is 19.4 Å². The van der Waals surface area contributed by atoms with Crippen LogP contribution in [0.4, 0.5) is 0 Å². The molecule has 0 saturated heterocycles. The third-order valence-electron chi connectivity index (χ3n) is 2.47. The van der Waals surface area contributed by atoms with Crippen LogP contribution in [0.25, 0.3) is 0 Å². The first-order valence-corrected chi connectivity index (χ1v) is 5.06. The fraction of sp³-hybridized carbons (Fsp3) is 1.00. The predicted octanol–water partition coefficient (Wildman–Crippen LogP) is 1.13. The quantitative estimate of drug-likeness (QED) is 0.629. The first kappa shape index (κ1) is 12.9. The molecule has 3 N–H and O–H groups in total. The van der Waals surface area contributed by atoms with E-state index in [0.29, 0.717) is 6.54 Å². The van der Waals surface area contributed by atoms with Crippen LogP contribution in [-0.4, -0.2) is 31.8 Å². The molecule has 2 atom stereocenters. The van der Waals surface area contributed by atoms with Crippen LogP contribution in [0.2, 0.25) is 0 Å². The van der Waals surface area contributed by atoms with Gasteiger partial charge in [-0.05, 0) is 20.3 Å². The molecule has 0 rings (SSSR count). The van der Waals surface area contributed by atoms with Crippen molar-refractivity contribution in [2.75, 3.05) is 20.2 Å². The number of hydrogen-bond donors (Lipinski definition) is 2. The second-order valence-electron chi connectivity index (χ2n) is 3.94. The van der Waals surface area contributed by atoms with Gasteiger partial charge in [0.1, 0.15) is 0 Å². The normalized spacial score (nSPS) is 18.2. The largest absolute Gasteiger partial charge is 0.380 e. The van der Waals surface area contributed by atoms with Crippen LogP contribution in [0.5, 0.6) is 0 Å². The van der Waals surface area contributed by atoms with Gasteiger partial charge in [0.25, 0.3) is 0 Å². The molecule has 0 heterocycles. The predicted molar refractivity (Wildman–Crippen MR) is 56.8 cm³/mol. The molecule has 0 fully saturated rings. The molecule has 0 spiro atoms. The highest BCUT2D eigenvalue weighted by molar-refractivity contribution is 4.84. The third-order valence-corrected chi connectivity index (χ3v) is 2.47. The van der Waals surface area contributed by atoms with Gasteiger partial charge in [-0.1, -0.05) is 13.3 Å². The summed E-state index contributed by atoms with van der Waals surface area (Å²) in [5.74, 6) is 0. The zero-order valence-corrected chi connectivity index (χ0v) is 9.39. The van der Waals surface area contributed by atoms with Crippen LogP contribution in [0.1, 0.15) is 33.6 Å². The molecule has 0 aliphatic heterocycles. The minimum atomic E-state index is 0.0710. The van der Waals surface area contributed by atoms with Crippen molar-refractivity contribution in [3.63, 3.8) is 0 Å². The average Bonchev–Trinajstić information content (AvgIpc) is 2.15. The van der Waals surface area contributed by atoms with Gasteiger partial charge in [-0.3, -0.25) is 0 Å². The van der Waals surface area contributed by atoms with Crippen molar-refractivity contribution in [2.24, 2.45) is 5.73 Å². The number of nitrogens with one attached hydrogen (secondary N) is 1. The zero-order chi connectivity index (χ0) is 10.3. The Bertz CT molecular complexity index is 130. The van der Waals surface area contributed by atoms with Crippen molar-refractivity contribution < 1.29 is 4.74 Å². The minimum Gasteiger partial charge on any atom is -0.380 e. The Hall–Kier alpha value is -0.120. The van der Waals surface area contributed by atoms with Crippen molar-refractivity contribution in [3.8, 4) is 0 Å². The molecule has 0 aromatic carbocycles.